The van der Waals surface area contributed by atoms with Crippen molar-refractivity contribution in [3.05, 3.63) is 0 Å². The summed E-state index contributed by atoms with van der Waals surface area (Å²) in [4.78, 5) is 12.8. The molecule has 0 saturated heterocycles. The van der Waals surface area contributed by atoms with Gasteiger partial charge in [-0.3, -0.25) is 0 Å². The van der Waals surface area contributed by atoms with Crippen LogP contribution in [0.1, 0.15) is 92.9 Å². The van der Waals surface area contributed by atoms with Crippen molar-refractivity contribution in [3.8, 4) is 0 Å². The Hall–Kier alpha value is -0.600. The van der Waals surface area contributed by atoms with Gasteiger partial charge in [0, 0.05) is 0 Å². The van der Waals surface area contributed by atoms with Gasteiger partial charge >= 0.3 is 5.97 Å². The second kappa shape index (κ2) is 8.48. The molecule has 0 aromatic rings. The lowest BCUT2D eigenvalue weighted by Gasteiger charge is -2.43. The predicted octanol–water partition coefficient (Wildman–Crippen LogP) is 6.08. The molecule has 0 radical (unpaired) electrons. The van der Waals surface area contributed by atoms with E-state index >= 15 is 4.39 Å². The zero-order valence-corrected chi connectivity index (χ0v) is 16.1. The molecule has 136 valence electrons. The van der Waals surface area contributed by atoms with Gasteiger partial charge < -0.3 is 4.74 Å². The molecule has 0 aromatic heterocycles. The number of esters is 1. The zero-order chi connectivity index (χ0) is 17.7. The van der Waals surface area contributed by atoms with Gasteiger partial charge in [0.25, 0.3) is 0 Å². The van der Waals surface area contributed by atoms with Crippen LogP contribution in [0.4, 0.5) is 4.39 Å². The van der Waals surface area contributed by atoms with E-state index in [1.54, 1.807) is 13.8 Å². The number of halogens is 1. The molecule has 0 amide bonds. The average Bonchev–Trinajstić information content (AvgIpc) is 2.52. The highest BCUT2D eigenvalue weighted by molar-refractivity contribution is 5.80. The van der Waals surface area contributed by atoms with Crippen molar-refractivity contribution in [1.29, 1.82) is 0 Å². The van der Waals surface area contributed by atoms with Crippen molar-refractivity contribution in [1.82, 2.24) is 0 Å². The van der Waals surface area contributed by atoms with Gasteiger partial charge in [-0.05, 0) is 49.9 Å². The summed E-state index contributed by atoms with van der Waals surface area (Å²) in [6, 6.07) is 0. The van der Waals surface area contributed by atoms with Crippen LogP contribution in [-0.4, -0.2) is 17.2 Å². The number of hydrogen-bond donors (Lipinski definition) is 0. The van der Waals surface area contributed by atoms with E-state index in [0.29, 0.717) is 5.92 Å². The summed E-state index contributed by atoms with van der Waals surface area (Å²) in [6.07, 6.45) is 7.63. The van der Waals surface area contributed by atoms with Crippen LogP contribution < -0.4 is 0 Å². The van der Waals surface area contributed by atoms with E-state index in [1.807, 2.05) is 13.8 Å². The number of ether oxygens (including phenoxy) is 1. The Bertz CT molecular complexity index is 368. The SMILES string of the molecule is CCC(CC)(OC(=O)C(F)(CC(C)C)C(C)C)C1CCCCC1. The molecule has 1 unspecified atom stereocenters. The molecule has 2 nitrogen and oxygen atoms in total. The predicted molar refractivity (Wildman–Crippen MR) is 94.1 cm³/mol. The smallest absolute Gasteiger partial charge is 0.344 e. The largest absolute Gasteiger partial charge is 0.456 e. The third-order valence-electron chi connectivity index (χ3n) is 5.80. The molecule has 0 heterocycles. The standard InChI is InChI=1S/C20H37FO2/c1-7-19(8-2,17-12-10-9-11-13-17)23-18(22)20(21,16(5)6)14-15(3)4/h15-17H,7-14H2,1-6H3. The van der Waals surface area contributed by atoms with Gasteiger partial charge in [0.15, 0.2) is 0 Å². The van der Waals surface area contributed by atoms with E-state index in [9.17, 15) is 4.79 Å². The molecular formula is C20H37FO2. The second-order valence-corrected chi connectivity index (χ2v) is 8.11. The molecule has 0 bridgehead atoms. The van der Waals surface area contributed by atoms with E-state index < -0.39 is 17.2 Å². The van der Waals surface area contributed by atoms with Gasteiger partial charge in [-0.2, -0.15) is 0 Å². The number of alkyl halides is 1. The van der Waals surface area contributed by atoms with Crippen molar-refractivity contribution in [3.63, 3.8) is 0 Å². The molecule has 3 heteroatoms. The van der Waals surface area contributed by atoms with Crippen molar-refractivity contribution < 1.29 is 13.9 Å². The molecule has 1 atom stereocenters. The molecule has 23 heavy (non-hydrogen) atoms. The third-order valence-corrected chi connectivity index (χ3v) is 5.80. The molecular weight excluding hydrogens is 291 g/mol. The molecule has 0 aromatic carbocycles. The lowest BCUT2D eigenvalue weighted by molar-refractivity contribution is -0.188. The maximum atomic E-state index is 15.5. The first-order valence-corrected chi connectivity index (χ1v) is 9.64. The molecule has 1 saturated carbocycles. The lowest BCUT2D eigenvalue weighted by Crippen LogP contribution is -2.50. The summed E-state index contributed by atoms with van der Waals surface area (Å²) in [6.45, 7) is 11.6. The summed E-state index contributed by atoms with van der Waals surface area (Å²) in [5.74, 6) is -0.487. The fourth-order valence-electron chi connectivity index (χ4n) is 4.10. The Morgan fingerprint density at radius 2 is 1.61 bits per heavy atom. The first-order valence-electron chi connectivity index (χ1n) is 9.64. The maximum absolute atomic E-state index is 15.5. The Morgan fingerprint density at radius 1 is 1.09 bits per heavy atom. The molecule has 0 spiro atoms. The Labute approximate surface area is 142 Å². The van der Waals surface area contributed by atoms with Crippen molar-refractivity contribution >= 4 is 5.97 Å². The van der Waals surface area contributed by atoms with Gasteiger partial charge in [0.05, 0.1) is 0 Å². The van der Waals surface area contributed by atoms with Crippen LogP contribution in [0, 0.1) is 17.8 Å². The summed E-state index contributed by atoms with van der Waals surface area (Å²) < 4.78 is 21.4. The number of carbonyl (C=O) groups is 1. The normalized spacial score (nSPS) is 19.9. The lowest BCUT2D eigenvalue weighted by atomic mass is 9.73. The highest BCUT2D eigenvalue weighted by atomic mass is 19.1. The van der Waals surface area contributed by atoms with Crippen LogP contribution >= 0.6 is 0 Å². The number of carbonyl (C=O) groups excluding carboxylic acids is 1. The molecule has 1 aliphatic carbocycles. The van der Waals surface area contributed by atoms with Gasteiger partial charge in [0.2, 0.25) is 5.67 Å². The Morgan fingerprint density at radius 3 is 2.00 bits per heavy atom. The van der Waals surface area contributed by atoms with Gasteiger partial charge in [-0.25, -0.2) is 9.18 Å². The maximum Gasteiger partial charge on any atom is 0.344 e. The molecule has 1 fully saturated rings. The zero-order valence-electron chi connectivity index (χ0n) is 16.1. The topological polar surface area (TPSA) is 26.3 Å². The monoisotopic (exact) mass is 328 g/mol. The third kappa shape index (κ3) is 4.70. The second-order valence-electron chi connectivity index (χ2n) is 8.11. The van der Waals surface area contributed by atoms with Crippen LogP contribution in [0.25, 0.3) is 0 Å². The summed E-state index contributed by atoms with van der Waals surface area (Å²) in [5.41, 5.74) is -2.36. The van der Waals surface area contributed by atoms with E-state index in [-0.39, 0.29) is 18.3 Å². The van der Waals surface area contributed by atoms with Crippen LogP contribution in [-0.2, 0) is 9.53 Å². The van der Waals surface area contributed by atoms with Crippen molar-refractivity contribution in [2.45, 2.75) is 104 Å². The van der Waals surface area contributed by atoms with E-state index in [4.69, 9.17) is 4.74 Å². The molecule has 1 rings (SSSR count). The van der Waals surface area contributed by atoms with E-state index in [2.05, 4.69) is 13.8 Å². The average molecular weight is 329 g/mol. The van der Waals surface area contributed by atoms with Gasteiger partial charge in [-0.15, -0.1) is 0 Å². The highest BCUT2D eigenvalue weighted by Crippen LogP contribution is 2.42. The van der Waals surface area contributed by atoms with E-state index in [0.717, 1.165) is 25.7 Å². The fourth-order valence-corrected chi connectivity index (χ4v) is 4.10. The van der Waals surface area contributed by atoms with Crippen LogP contribution in [0.2, 0.25) is 0 Å². The minimum absolute atomic E-state index is 0.127. The summed E-state index contributed by atoms with van der Waals surface area (Å²) in [5, 5.41) is 0. The van der Waals surface area contributed by atoms with Gasteiger partial charge in [0.1, 0.15) is 5.60 Å². The number of hydrogen-bond acceptors (Lipinski definition) is 2. The highest BCUT2D eigenvalue weighted by Gasteiger charge is 2.49. The van der Waals surface area contributed by atoms with Gasteiger partial charge in [-0.1, -0.05) is 60.8 Å². The van der Waals surface area contributed by atoms with Crippen molar-refractivity contribution in [2.24, 2.45) is 17.8 Å². The minimum Gasteiger partial charge on any atom is -0.456 e. The van der Waals surface area contributed by atoms with Crippen LogP contribution in [0.15, 0.2) is 0 Å². The first-order chi connectivity index (χ1) is 10.7. The Kier molecular flexibility index (Phi) is 7.54. The number of rotatable bonds is 8. The van der Waals surface area contributed by atoms with Crippen LogP contribution in [0.5, 0.6) is 0 Å². The van der Waals surface area contributed by atoms with Crippen LogP contribution in [0.3, 0.4) is 0 Å². The summed E-state index contributed by atoms with van der Waals surface area (Å²) in [7, 11) is 0. The molecule has 0 N–H and O–H groups in total. The minimum atomic E-state index is -1.88. The quantitative estimate of drug-likeness (QED) is 0.505. The molecule has 0 aliphatic heterocycles. The fraction of sp³-hybridized carbons (Fsp3) is 0.950. The van der Waals surface area contributed by atoms with Crippen molar-refractivity contribution in [2.75, 3.05) is 0 Å². The summed E-state index contributed by atoms with van der Waals surface area (Å²) >= 11 is 0. The first kappa shape index (κ1) is 20.4. The molecule has 1 aliphatic rings. The Balaban J connectivity index is 2.99. The van der Waals surface area contributed by atoms with E-state index in [1.165, 1.54) is 19.3 Å².